The molecule has 3 fully saturated rings. The monoisotopic (exact) mass is 517 g/mol. The Balaban J connectivity index is 1.11. The van der Waals surface area contributed by atoms with Crippen LogP contribution in [-0.4, -0.2) is 93.3 Å². The van der Waals surface area contributed by atoms with Gasteiger partial charge in [-0.3, -0.25) is 4.79 Å². The van der Waals surface area contributed by atoms with E-state index in [0.717, 1.165) is 82.3 Å². The Bertz CT molecular complexity index is 1260. The Morgan fingerprint density at radius 2 is 1.84 bits per heavy atom. The van der Waals surface area contributed by atoms with E-state index in [1.807, 2.05) is 17.2 Å². The van der Waals surface area contributed by atoms with Crippen molar-refractivity contribution in [2.45, 2.75) is 51.2 Å². The molecule has 1 atom stereocenters. The Kier molecular flexibility index (Phi) is 7.21. The number of benzene rings is 1. The maximum atomic E-state index is 11.7. The number of aromatic nitrogens is 3. The molecule has 2 saturated heterocycles. The van der Waals surface area contributed by atoms with Gasteiger partial charge in [0.25, 0.3) is 0 Å². The predicted octanol–water partition coefficient (Wildman–Crippen LogP) is 3.13. The Hall–Kier alpha value is -3.17. The van der Waals surface area contributed by atoms with Gasteiger partial charge in [-0.05, 0) is 62.3 Å². The quantitative estimate of drug-likeness (QED) is 0.519. The predicted molar refractivity (Wildman–Crippen MR) is 150 cm³/mol. The minimum atomic E-state index is -0.134. The number of likely N-dealkylation sites (tertiary alicyclic amines) is 1. The maximum Gasteiger partial charge on any atom is 0.224 e. The zero-order chi connectivity index (χ0) is 26.1. The number of nitrogens with zero attached hydrogens (tertiary/aromatic N) is 6. The number of nitrogens with one attached hydrogen (secondary N) is 1. The van der Waals surface area contributed by atoms with Gasteiger partial charge in [0.05, 0.1) is 11.6 Å². The molecule has 2 aliphatic heterocycles. The lowest BCUT2D eigenvalue weighted by Crippen LogP contribution is -2.48. The lowest BCUT2D eigenvalue weighted by atomic mass is 9.86. The van der Waals surface area contributed by atoms with Crippen LogP contribution in [0.2, 0.25) is 0 Å². The van der Waals surface area contributed by atoms with Gasteiger partial charge in [-0.15, -0.1) is 0 Å². The van der Waals surface area contributed by atoms with Crippen LogP contribution in [0, 0.1) is 5.92 Å². The second-order valence-corrected chi connectivity index (χ2v) is 11.2. The molecule has 2 N–H and O–H groups in total. The van der Waals surface area contributed by atoms with E-state index in [2.05, 4.69) is 55.1 Å². The van der Waals surface area contributed by atoms with Gasteiger partial charge in [-0.1, -0.05) is 6.07 Å². The summed E-state index contributed by atoms with van der Waals surface area (Å²) in [5.74, 6) is 2.42. The first-order valence-corrected chi connectivity index (χ1v) is 14.1. The van der Waals surface area contributed by atoms with E-state index < -0.39 is 0 Å². The molecule has 9 nitrogen and oxygen atoms in total. The Morgan fingerprint density at radius 1 is 1.03 bits per heavy atom. The summed E-state index contributed by atoms with van der Waals surface area (Å²) in [5, 5.41) is 14.6. The number of fused-ring (bicyclic) bond motifs is 1. The number of β-amino-alcohol motifs (C(OH)–C–C–N with tert-alkyl or cyclic N) is 1. The van der Waals surface area contributed by atoms with E-state index in [9.17, 15) is 9.90 Å². The standard InChI is InChI=1S/C29H39N7O2/c1-21(37)34-15-17-35(18-16-34)26-3-2-4-27-25(26)11-14-36(27)28-9-12-30-29(32-28)31-23-7-5-22(6-8-23)19-33-13-10-24(38)20-33/h2-4,9,11-12,14,22-24,38H,5-8,10,13,15-20H2,1H3,(H,30,31,32)/t22-,23-,24-/m1/s1. The highest BCUT2D eigenvalue weighted by atomic mass is 16.3. The van der Waals surface area contributed by atoms with E-state index in [-0.39, 0.29) is 12.0 Å². The molecule has 1 amide bonds. The van der Waals surface area contributed by atoms with E-state index in [4.69, 9.17) is 4.98 Å². The molecule has 3 aromatic rings. The van der Waals surface area contributed by atoms with Crippen molar-refractivity contribution in [3.8, 4) is 5.82 Å². The molecule has 4 heterocycles. The van der Waals surface area contributed by atoms with Crippen LogP contribution < -0.4 is 10.2 Å². The zero-order valence-corrected chi connectivity index (χ0v) is 22.3. The average molecular weight is 518 g/mol. The number of carbonyl (C=O) groups excluding carboxylic acids is 1. The molecule has 38 heavy (non-hydrogen) atoms. The van der Waals surface area contributed by atoms with Gasteiger partial charge in [-0.25, -0.2) is 4.98 Å². The van der Waals surface area contributed by atoms with Gasteiger partial charge in [-0.2, -0.15) is 4.98 Å². The number of anilines is 2. The summed E-state index contributed by atoms with van der Waals surface area (Å²) in [6, 6.07) is 10.9. The lowest BCUT2D eigenvalue weighted by Gasteiger charge is -2.36. The molecular weight excluding hydrogens is 478 g/mol. The largest absolute Gasteiger partial charge is 0.392 e. The van der Waals surface area contributed by atoms with Gasteiger partial charge in [0, 0.05) is 82.2 Å². The van der Waals surface area contributed by atoms with Gasteiger partial charge >= 0.3 is 0 Å². The van der Waals surface area contributed by atoms with Crippen LogP contribution in [-0.2, 0) is 4.79 Å². The van der Waals surface area contributed by atoms with Crippen molar-refractivity contribution in [2.24, 2.45) is 5.92 Å². The van der Waals surface area contributed by atoms with Crippen LogP contribution in [0.4, 0.5) is 11.6 Å². The number of aliphatic hydroxyl groups is 1. The van der Waals surface area contributed by atoms with E-state index in [1.54, 1.807) is 6.92 Å². The van der Waals surface area contributed by atoms with Gasteiger partial charge in [0.1, 0.15) is 5.82 Å². The topological polar surface area (TPSA) is 89.8 Å². The lowest BCUT2D eigenvalue weighted by molar-refractivity contribution is -0.129. The molecule has 0 spiro atoms. The number of carbonyl (C=O) groups is 1. The summed E-state index contributed by atoms with van der Waals surface area (Å²) < 4.78 is 2.14. The van der Waals surface area contributed by atoms with Crippen molar-refractivity contribution in [1.29, 1.82) is 0 Å². The number of piperazine rings is 1. The molecule has 9 heteroatoms. The Morgan fingerprint density at radius 3 is 2.58 bits per heavy atom. The summed E-state index contributed by atoms with van der Waals surface area (Å²) in [6.07, 6.45) is 9.37. The maximum absolute atomic E-state index is 11.7. The fourth-order valence-electron chi connectivity index (χ4n) is 6.46. The fourth-order valence-corrected chi connectivity index (χ4v) is 6.46. The summed E-state index contributed by atoms with van der Waals surface area (Å²) in [7, 11) is 0. The summed E-state index contributed by atoms with van der Waals surface area (Å²) in [6.45, 7) is 7.84. The number of amides is 1. The molecular formula is C29H39N7O2. The number of aliphatic hydroxyl groups excluding tert-OH is 1. The van der Waals surface area contributed by atoms with Crippen molar-refractivity contribution in [3.63, 3.8) is 0 Å². The molecule has 202 valence electrons. The first kappa shape index (κ1) is 25.1. The van der Waals surface area contributed by atoms with Crippen molar-refractivity contribution < 1.29 is 9.90 Å². The molecule has 2 aromatic heterocycles. The summed E-state index contributed by atoms with van der Waals surface area (Å²) >= 11 is 0. The van der Waals surface area contributed by atoms with E-state index in [0.29, 0.717) is 12.0 Å². The zero-order valence-electron chi connectivity index (χ0n) is 22.3. The number of hydrogen-bond donors (Lipinski definition) is 2. The first-order valence-electron chi connectivity index (χ1n) is 14.1. The third-order valence-electron chi connectivity index (χ3n) is 8.61. The molecule has 6 rings (SSSR count). The van der Waals surface area contributed by atoms with Crippen molar-refractivity contribution in [1.82, 2.24) is 24.3 Å². The first-order chi connectivity index (χ1) is 18.5. The van der Waals surface area contributed by atoms with Gasteiger partial charge in [0.2, 0.25) is 11.9 Å². The van der Waals surface area contributed by atoms with Crippen molar-refractivity contribution in [2.75, 3.05) is 56.0 Å². The smallest absolute Gasteiger partial charge is 0.224 e. The third-order valence-corrected chi connectivity index (χ3v) is 8.61. The van der Waals surface area contributed by atoms with Crippen LogP contribution in [0.3, 0.4) is 0 Å². The minimum Gasteiger partial charge on any atom is -0.392 e. The highest BCUT2D eigenvalue weighted by molar-refractivity contribution is 5.94. The highest BCUT2D eigenvalue weighted by Gasteiger charge is 2.27. The van der Waals surface area contributed by atoms with E-state index in [1.165, 1.54) is 23.9 Å². The molecule has 0 radical (unpaired) electrons. The molecule has 0 unspecified atom stereocenters. The van der Waals surface area contributed by atoms with Crippen molar-refractivity contribution >= 4 is 28.4 Å². The summed E-state index contributed by atoms with van der Waals surface area (Å²) in [4.78, 5) is 27.9. The van der Waals surface area contributed by atoms with Crippen LogP contribution >= 0.6 is 0 Å². The third kappa shape index (κ3) is 5.35. The molecule has 1 aromatic carbocycles. The van der Waals surface area contributed by atoms with Crippen LogP contribution in [0.15, 0.2) is 42.7 Å². The van der Waals surface area contributed by atoms with Crippen molar-refractivity contribution in [3.05, 3.63) is 42.7 Å². The Labute approximate surface area is 224 Å². The van der Waals surface area contributed by atoms with Gasteiger partial charge < -0.3 is 29.7 Å². The molecule has 1 aliphatic carbocycles. The normalized spacial score (nSPS) is 24.7. The molecule has 0 bridgehead atoms. The minimum absolute atomic E-state index is 0.134. The van der Waals surface area contributed by atoms with E-state index >= 15 is 0 Å². The fraction of sp³-hybridized carbons (Fsp3) is 0.552. The second-order valence-electron chi connectivity index (χ2n) is 11.2. The van der Waals surface area contributed by atoms with Gasteiger partial charge in [0.15, 0.2) is 0 Å². The number of rotatable bonds is 6. The van der Waals surface area contributed by atoms with Crippen LogP contribution in [0.1, 0.15) is 39.0 Å². The molecule has 1 saturated carbocycles. The van der Waals surface area contributed by atoms with Crippen LogP contribution in [0.25, 0.3) is 16.7 Å². The van der Waals surface area contributed by atoms with Crippen LogP contribution in [0.5, 0.6) is 0 Å². The number of hydrogen-bond acceptors (Lipinski definition) is 7. The SMILES string of the molecule is CC(=O)N1CCN(c2cccc3c2ccn3-c2ccnc(N[C@H]3CC[C@H](CN4CC[C@@H](O)C4)CC3)n2)CC1. The highest BCUT2D eigenvalue weighted by Crippen LogP contribution is 2.31. The summed E-state index contributed by atoms with van der Waals surface area (Å²) in [5.41, 5.74) is 2.32. The average Bonchev–Trinajstić information content (AvgIpc) is 3.56. The molecule has 3 aliphatic rings. The second kappa shape index (κ2) is 10.9.